The Morgan fingerprint density at radius 1 is 0.818 bits per heavy atom. The van der Waals surface area contributed by atoms with Crippen molar-refractivity contribution in [1.29, 1.82) is 0 Å². The van der Waals surface area contributed by atoms with Gasteiger partial charge < -0.3 is 16.0 Å². The highest BCUT2D eigenvalue weighted by molar-refractivity contribution is 5.81. The topological polar surface area (TPSA) is 87.3 Å². The molecule has 0 spiro atoms. The molecule has 2 unspecified atom stereocenters. The van der Waals surface area contributed by atoms with Crippen molar-refractivity contribution in [3.63, 3.8) is 0 Å². The van der Waals surface area contributed by atoms with Crippen LogP contribution in [0, 0.1) is 5.92 Å². The Balaban J connectivity index is -0.000000252. The maximum absolute atomic E-state index is 10.8. The van der Waals surface area contributed by atoms with Gasteiger partial charge in [0.1, 0.15) is 17.3 Å². The normalized spacial score (nSPS) is 12.3. The molecule has 22 heavy (non-hydrogen) atoms. The molecule has 0 fully saturated rings. The first kappa shape index (κ1) is 25.8. The predicted octanol–water partition coefficient (Wildman–Crippen LogP) is 0.798. The average Bonchev–Trinajstić information content (AvgIpc) is 2.38. The maximum atomic E-state index is 10.8. The van der Waals surface area contributed by atoms with Crippen molar-refractivity contribution in [2.45, 2.75) is 53.6 Å². The molecule has 6 nitrogen and oxygen atoms in total. The summed E-state index contributed by atoms with van der Waals surface area (Å²) in [4.78, 5) is 31.0. The van der Waals surface area contributed by atoms with E-state index in [2.05, 4.69) is 16.0 Å². The first-order chi connectivity index (χ1) is 10.0. The Kier molecular flexibility index (Phi) is 19.1. The van der Waals surface area contributed by atoms with Gasteiger partial charge in [-0.05, 0) is 54.8 Å². The van der Waals surface area contributed by atoms with Gasteiger partial charge in [0.05, 0.1) is 18.6 Å². The van der Waals surface area contributed by atoms with Crippen molar-refractivity contribution in [2.24, 2.45) is 5.92 Å². The summed E-state index contributed by atoms with van der Waals surface area (Å²) < 4.78 is 0. The van der Waals surface area contributed by atoms with E-state index in [0.29, 0.717) is 12.5 Å². The zero-order valence-corrected chi connectivity index (χ0v) is 15.7. The summed E-state index contributed by atoms with van der Waals surface area (Å²) in [5, 5.41) is 8.48. The minimum atomic E-state index is 0.0139. The van der Waals surface area contributed by atoms with Gasteiger partial charge in [-0.25, -0.2) is 0 Å². The van der Waals surface area contributed by atoms with Crippen molar-refractivity contribution < 1.29 is 14.4 Å². The number of rotatable bonds is 7. The van der Waals surface area contributed by atoms with Crippen LogP contribution in [0.4, 0.5) is 0 Å². The number of hydrogen-bond acceptors (Lipinski definition) is 6. The molecule has 0 heterocycles. The average molecular weight is 317 g/mol. The predicted molar refractivity (Wildman–Crippen MR) is 92.2 cm³/mol. The summed E-state index contributed by atoms with van der Waals surface area (Å²) in [6, 6.07) is 0.0463. The Labute approximate surface area is 135 Å². The zero-order valence-electron chi connectivity index (χ0n) is 15.7. The highest BCUT2D eigenvalue weighted by atomic mass is 16.1. The van der Waals surface area contributed by atoms with Crippen LogP contribution in [0.5, 0.6) is 0 Å². The van der Waals surface area contributed by atoms with Crippen molar-refractivity contribution in [1.82, 2.24) is 16.0 Å². The summed E-state index contributed by atoms with van der Waals surface area (Å²) in [6.07, 6.45) is 0. The third-order valence-corrected chi connectivity index (χ3v) is 2.88. The van der Waals surface area contributed by atoms with Gasteiger partial charge in [-0.3, -0.25) is 14.4 Å². The molecular formula is C16H35N3O3. The number of carbonyl (C=O) groups is 3. The molecule has 0 bridgehead atoms. The van der Waals surface area contributed by atoms with Crippen LogP contribution in [0.25, 0.3) is 0 Å². The lowest BCUT2D eigenvalue weighted by Crippen LogP contribution is -2.36. The Bertz CT molecular complexity index is 318. The van der Waals surface area contributed by atoms with Gasteiger partial charge in [-0.2, -0.15) is 0 Å². The third kappa shape index (κ3) is 18.9. The van der Waals surface area contributed by atoms with Crippen LogP contribution in [0.15, 0.2) is 0 Å². The fourth-order valence-corrected chi connectivity index (χ4v) is 1.46. The largest absolute Gasteiger partial charge is 0.313 e. The second-order valence-electron chi connectivity index (χ2n) is 5.47. The lowest BCUT2D eigenvalue weighted by atomic mass is 10.0. The molecule has 0 saturated carbocycles. The van der Waals surface area contributed by atoms with Gasteiger partial charge in [-0.15, -0.1) is 0 Å². The molecule has 6 heteroatoms. The fourth-order valence-electron chi connectivity index (χ4n) is 1.46. The molecule has 0 aromatic rings. The summed E-state index contributed by atoms with van der Waals surface area (Å²) in [7, 11) is 5.33. The molecule has 0 aliphatic carbocycles. The standard InChI is InChI=1S/C7H15NO.C5H11NO.C4H9NO/c1-5(2)7(8-4)6(3)9;1-4(6-3)5(2)7;1-4(6)3-5-2/h5,7-8H,1-4H3;4,6H,1-3H3;5H,3H2,1-2H3. The molecule has 0 aliphatic heterocycles. The van der Waals surface area contributed by atoms with E-state index in [-0.39, 0.29) is 29.4 Å². The van der Waals surface area contributed by atoms with E-state index in [4.69, 9.17) is 0 Å². The van der Waals surface area contributed by atoms with Gasteiger partial charge in [0.2, 0.25) is 0 Å². The van der Waals surface area contributed by atoms with Crippen LogP contribution in [0.3, 0.4) is 0 Å². The highest BCUT2D eigenvalue weighted by Gasteiger charge is 2.14. The summed E-state index contributed by atoms with van der Waals surface area (Å²) >= 11 is 0. The van der Waals surface area contributed by atoms with Crippen LogP contribution in [-0.4, -0.2) is 57.1 Å². The molecule has 0 aromatic heterocycles. The number of ketones is 3. The van der Waals surface area contributed by atoms with E-state index in [9.17, 15) is 14.4 Å². The molecule has 0 saturated heterocycles. The van der Waals surface area contributed by atoms with E-state index in [1.807, 2.05) is 27.8 Å². The minimum absolute atomic E-state index is 0.0139. The van der Waals surface area contributed by atoms with Gasteiger partial charge in [0.15, 0.2) is 0 Å². The number of nitrogens with one attached hydrogen (secondary N) is 3. The monoisotopic (exact) mass is 317 g/mol. The Morgan fingerprint density at radius 3 is 1.27 bits per heavy atom. The minimum Gasteiger partial charge on any atom is -0.313 e. The first-order valence-electron chi connectivity index (χ1n) is 7.54. The van der Waals surface area contributed by atoms with E-state index >= 15 is 0 Å². The molecule has 0 aromatic carbocycles. The molecule has 0 rings (SSSR count). The summed E-state index contributed by atoms with van der Waals surface area (Å²) in [5.74, 6) is 0.972. The van der Waals surface area contributed by atoms with Crippen molar-refractivity contribution in [3.8, 4) is 0 Å². The lowest BCUT2D eigenvalue weighted by Gasteiger charge is -2.15. The van der Waals surface area contributed by atoms with Gasteiger partial charge in [0.25, 0.3) is 0 Å². The van der Waals surface area contributed by atoms with Crippen LogP contribution in [0.1, 0.15) is 41.5 Å². The van der Waals surface area contributed by atoms with Gasteiger partial charge in [-0.1, -0.05) is 13.8 Å². The number of carbonyl (C=O) groups excluding carboxylic acids is 3. The SMILES string of the molecule is CNC(C(C)=O)C(C)C.CNC(C)C(C)=O.CNCC(C)=O. The van der Waals surface area contributed by atoms with E-state index < -0.39 is 0 Å². The zero-order chi connectivity index (χ0) is 18.3. The Hall–Kier alpha value is -1.11. The van der Waals surface area contributed by atoms with Crippen molar-refractivity contribution in [3.05, 3.63) is 0 Å². The maximum Gasteiger partial charge on any atom is 0.146 e. The lowest BCUT2D eigenvalue weighted by molar-refractivity contribution is -0.120. The molecule has 0 radical (unpaired) electrons. The summed E-state index contributed by atoms with van der Waals surface area (Å²) in [5.41, 5.74) is 0. The van der Waals surface area contributed by atoms with Gasteiger partial charge >= 0.3 is 0 Å². The number of hydrogen-bond donors (Lipinski definition) is 3. The Morgan fingerprint density at radius 2 is 1.27 bits per heavy atom. The smallest absolute Gasteiger partial charge is 0.146 e. The third-order valence-electron chi connectivity index (χ3n) is 2.88. The molecule has 132 valence electrons. The van der Waals surface area contributed by atoms with Gasteiger partial charge in [0, 0.05) is 0 Å². The number of likely N-dealkylation sites (N-methyl/N-ethyl adjacent to an activating group) is 3. The number of Topliss-reactive ketones (excluding diaryl/α,β-unsaturated/α-hetero) is 3. The van der Waals surface area contributed by atoms with Crippen LogP contribution >= 0.6 is 0 Å². The second-order valence-corrected chi connectivity index (χ2v) is 5.47. The molecule has 3 N–H and O–H groups in total. The fraction of sp³-hybridized carbons (Fsp3) is 0.812. The van der Waals surface area contributed by atoms with E-state index in [0.717, 1.165) is 0 Å². The van der Waals surface area contributed by atoms with Crippen LogP contribution < -0.4 is 16.0 Å². The van der Waals surface area contributed by atoms with Crippen molar-refractivity contribution >= 4 is 17.3 Å². The van der Waals surface area contributed by atoms with E-state index in [1.165, 1.54) is 0 Å². The van der Waals surface area contributed by atoms with Crippen LogP contribution in [0.2, 0.25) is 0 Å². The quantitative estimate of drug-likeness (QED) is 0.644. The van der Waals surface area contributed by atoms with Crippen molar-refractivity contribution in [2.75, 3.05) is 27.7 Å². The highest BCUT2D eigenvalue weighted by Crippen LogP contribution is 2.00. The molecule has 0 amide bonds. The first-order valence-corrected chi connectivity index (χ1v) is 7.54. The second kappa shape index (κ2) is 16.3. The molecule has 0 aliphatic rings. The molecule has 2 atom stereocenters. The van der Waals surface area contributed by atoms with Crippen LogP contribution in [-0.2, 0) is 14.4 Å². The molecular weight excluding hydrogens is 282 g/mol. The summed E-state index contributed by atoms with van der Waals surface area (Å²) in [6.45, 7) is 11.1. The van der Waals surface area contributed by atoms with E-state index in [1.54, 1.807) is 34.9 Å².